The first-order valence-electron chi connectivity index (χ1n) is 8.95. The topological polar surface area (TPSA) is 41.7 Å². The number of piperidine rings is 2. The third kappa shape index (κ3) is 3.00. The van der Waals surface area contributed by atoms with E-state index in [2.05, 4.69) is 23.8 Å². The Kier molecular flexibility index (Phi) is 4.89. The van der Waals surface area contributed by atoms with E-state index in [9.17, 15) is 0 Å². The number of nitrogens with two attached hydrogens (primary N) is 1. The molecule has 0 aromatic rings. The van der Waals surface area contributed by atoms with Gasteiger partial charge in [-0.1, -0.05) is 6.92 Å². The van der Waals surface area contributed by atoms with Crippen LogP contribution >= 0.6 is 0 Å². The molecule has 4 atom stereocenters. The van der Waals surface area contributed by atoms with Crippen molar-refractivity contribution in [3.8, 4) is 0 Å². The van der Waals surface area contributed by atoms with Crippen molar-refractivity contribution in [2.24, 2.45) is 11.7 Å². The SMILES string of the molecule is CCC1CC(CN)(N2CCC3C(CCCN3C)C2)CCO1. The molecule has 3 saturated heterocycles. The summed E-state index contributed by atoms with van der Waals surface area (Å²) < 4.78 is 5.91. The van der Waals surface area contributed by atoms with Crippen LogP contribution in [0.2, 0.25) is 0 Å². The molecule has 0 aromatic heterocycles. The molecule has 3 rings (SSSR count). The lowest BCUT2D eigenvalue weighted by Crippen LogP contribution is -2.64. The Morgan fingerprint density at radius 1 is 1.29 bits per heavy atom. The van der Waals surface area contributed by atoms with Crippen LogP contribution in [0.25, 0.3) is 0 Å². The summed E-state index contributed by atoms with van der Waals surface area (Å²) in [6.45, 7) is 7.68. The Bertz CT molecular complexity index is 351. The highest BCUT2D eigenvalue weighted by Gasteiger charge is 2.44. The van der Waals surface area contributed by atoms with Crippen LogP contribution in [0.5, 0.6) is 0 Å². The van der Waals surface area contributed by atoms with Crippen molar-refractivity contribution in [2.45, 2.75) is 63.1 Å². The first-order valence-corrected chi connectivity index (χ1v) is 8.95. The zero-order valence-electron chi connectivity index (χ0n) is 13.9. The molecule has 2 N–H and O–H groups in total. The number of likely N-dealkylation sites (tertiary alicyclic amines) is 2. The molecule has 0 saturated carbocycles. The monoisotopic (exact) mass is 295 g/mol. The van der Waals surface area contributed by atoms with Crippen LogP contribution in [0.4, 0.5) is 0 Å². The predicted octanol–water partition coefficient (Wildman–Crippen LogP) is 1.69. The second-order valence-electron chi connectivity index (χ2n) is 7.47. The van der Waals surface area contributed by atoms with Gasteiger partial charge in [-0.25, -0.2) is 0 Å². The summed E-state index contributed by atoms with van der Waals surface area (Å²) in [5, 5.41) is 0. The van der Waals surface area contributed by atoms with E-state index in [4.69, 9.17) is 10.5 Å². The van der Waals surface area contributed by atoms with E-state index in [1.54, 1.807) is 0 Å². The molecule has 3 fully saturated rings. The van der Waals surface area contributed by atoms with E-state index in [0.717, 1.165) is 44.4 Å². The molecule has 0 aliphatic carbocycles. The van der Waals surface area contributed by atoms with E-state index in [1.807, 2.05) is 0 Å². The maximum Gasteiger partial charge on any atom is 0.0590 e. The molecule has 3 heterocycles. The lowest BCUT2D eigenvalue weighted by molar-refractivity contribution is -0.0941. The van der Waals surface area contributed by atoms with Crippen molar-refractivity contribution >= 4 is 0 Å². The van der Waals surface area contributed by atoms with Gasteiger partial charge >= 0.3 is 0 Å². The summed E-state index contributed by atoms with van der Waals surface area (Å²) in [6.07, 6.45) is 7.86. The average molecular weight is 295 g/mol. The van der Waals surface area contributed by atoms with Crippen LogP contribution in [-0.4, -0.2) is 67.3 Å². The summed E-state index contributed by atoms with van der Waals surface area (Å²) >= 11 is 0. The molecule has 0 amide bonds. The van der Waals surface area contributed by atoms with Gasteiger partial charge in [-0.05, 0) is 58.0 Å². The Labute approximate surface area is 130 Å². The minimum atomic E-state index is 0.208. The summed E-state index contributed by atoms with van der Waals surface area (Å²) in [5.74, 6) is 0.851. The number of fused-ring (bicyclic) bond motifs is 1. The quantitative estimate of drug-likeness (QED) is 0.860. The molecule has 3 aliphatic rings. The van der Waals surface area contributed by atoms with Gasteiger partial charge in [0, 0.05) is 37.8 Å². The molecule has 0 bridgehead atoms. The van der Waals surface area contributed by atoms with Crippen molar-refractivity contribution in [1.29, 1.82) is 0 Å². The van der Waals surface area contributed by atoms with Gasteiger partial charge in [0.05, 0.1) is 6.10 Å². The Morgan fingerprint density at radius 2 is 2.14 bits per heavy atom. The first-order chi connectivity index (χ1) is 10.2. The number of hydrogen-bond acceptors (Lipinski definition) is 4. The summed E-state index contributed by atoms with van der Waals surface area (Å²) in [5.41, 5.74) is 6.48. The van der Waals surface area contributed by atoms with E-state index in [1.165, 1.54) is 38.9 Å². The van der Waals surface area contributed by atoms with Crippen molar-refractivity contribution in [3.63, 3.8) is 0 Å². The largest absolute Gasteiger partial charge is 0.378 e. The fourth-order valence-corrected chi connectivity index (χ4v) is 4.95. The van der Waals surface area contributed by atoms with Gasteiger partial charge in [0.25, 0.3) is 0 Å². The molecular formula is C17H33N3O. The van der Waals surface area contributed by atoms with Gasteiger partial charge < -0.3 is 15.4 Å². The molecule has 4 unspecified atom stereocenters. The van der Waals surface area contributed by atoms with E-state index >= 15 is 0 Å². The molecular weight excluding hydrogens is 262 g/mol. The standard InChI is InChI=1S/C17H33N3O/c1-3-15-11-17(13-18,7-10-21-15)20-9-6-16-14(12-20)5-4-8-19(16)2/h14-16H,3-13,18H2,1-2H3. The van der Waals surface area contributed by atoms with Crippen molar-refractivity contribution in [3.05, 3.63) is 0 Å². The van der Waals surface area contributed by atoms with Gasteiger partial charge in [0.15, 0.2) is 0 Å². The Morgan fingerprint density at radius 3 is 2.90 bits per heavy atom. The minimum Gasteiger partial charge on any atom is -0.378 e. The zero-order valence-corrected chi connectivity index (χ0v) is 13.9. The van der Waals surface area contributed by atoms with Crippen molar-refractivity contribution in [2.75, 3.05) is 39.8 Å². The van der Waals surface area contributed by atoms with Crippen LogP contribution < -0.4 is 5.73 Å². The van der Waals surface area contributed by atoms with Gasteiger partial charge in [-0.15, -0.1) is 0 Å². The lowest BCUT2D eigenvalue weighted by atomic mass is 9.78. The zero-order chi connectivity index (χ0) is 14.9. The van der Waals surface area contributed by atoms with Crippen LogP contribution in [0.1, 0.15) is 45.4 Å². The molecule has 0 aromatic carbocycles. The average Bonchev–Trinajstić information content (AvgIpc) is 2.54. The highest BCUT2D eigenvalue weighted by molar-refractivity contribution is 5.00. The number of hydrogen-bond donors (Lipinski definition) is 1. The lowest BCUT2D eigenvalue weighted by Gasteiger charge is -2.54. The number of nitrogens with zero attached hydrogens (tertiary/aromatic N) is 2. The van der Waals surface area contributed by atoms with Gasteiger partial charge in [-0.2, -0.15) is 0 Å². The van der Waals surface area contributed by atoms with Gasteiger partial charge in [0.1, 0.15) is 0 Å². The molecule has 4 nitrogen and oxygen atoms in total. The van der Waals surface area contributed by atoms with Crippen molar-refractivity contribution in [1.82, 2.24) is 9.80 Å². The molecule has 3 aliphatic heterocycles. The number of ether oxygens (including phenoxy) is 1. The van der Waals surface area contributed by atoms with E-state index < -0.39 is 0 Å². The molecule has 4 heteroatoms. The van der Waals surface area contributed by atoms with E-state index in [-0.39, 0.29) is 5.54 Å². The molecule has 0 spiro atoms. The van der Waals surface area contributed by atoms with Crippen LogP contribution in [0, 0.1) is 5.92 Å². The second-order valence-corrected chi connectivity index (χ2v) is 7.47. The summed E-state index contributed by atoms with van der Waals surface area (Å²) in [6, 6.07) is 0.812. The molecule has 21 heavy (non-hydrogen) atoms. The molecule has 0 radical (unpaired) electrons. The van der Waals surface area contributed by atoms with Crippen molar-refractivity contribution < 1.29 is 4.74 Å². The third-order valence-electron chi connectivity index (χ3n) is 6.38. The maximum absolute atomic E-state index is 6.27. The predicted molar refractivity (Wildman–Crippen MR) is 86.4 cm³/mol. The van der Waals surface area contributed by atoms with Gasteiger partial charge in [0.2, 0.25) is 0 Å². The highest BCUT2D eigenvalue weighted by atomic mass is 16.5. The Hall–Kier alpha value is -0.160. The molecule has 122 valence electrons. The summed E-state index contributed by atoms with van der Waals surface area (Å²) in [7, 11) is 2.31. The van der Waals surface area contributed by atoms with E-state index in [0.29, 0.717) is 6.10 Å². The fourth-order valence-electron chi connectivity index (χ4n) is 4.95. The third-order valence-corrected chi connectivity index (χ3v) is 6.38. The normalized spacial score (nSPS) is 42.7. The number of rotatable bonds is 3. The van der Waals surface area contributed by atoms with Crippen LogP contribution in [0.3, 0.4) is 0 Å². The first kappa shape index (κ1) is 15.7. The fraction of sp³-hybridized carbons (Fsp3) is 1.00. The van der Waals surface area contributed by atoms with Crippen LogP contribution in [0.15, 0.2) is 0 Å². The smallest absolute Gasteiger partial charge is 0.0590 e. The summed E-state index contributed by atoms with van der Waals surface area (Å²) in [4.78, 5) is 5.35. The van der Waals surface area contributed by atoms with Gasteiger partial charge in [-0.3, -0.25) is 4.90 Å². The minimum absolute atomic E-state index is 0.208. The van der Waals surface area contributed by atoms with Crippen LogP contribution in [-0.2, 0) is 4.74 Å². The maximum atomic E-state index is 6.27. The second kappa shape index (κ2) is 6.53. The Balaban J connectivity index is 1.70. The highest BCUT2D eigenvalue weighted by Crippen LogP contribution is 2.37.